The van der Waals surface area contributed by atoms with E-state index in [4.69, 9.17) is 4.74 Å². The number of carbonyl (C=O) groups excluding carboxylic acids is 1. The first kappa shape index (κ1) is 22.5. The van der Waals surface area contributed by atoms with Crippen LogP contribution in [-0.2, 0) is 21.2 Å². The largest absolute Gasteiger partial charge is 0.494 e. The molecule has 6 nitrogen and oxygen atoms in total. The van der Waals surface area contributed by atoms with Crippen LogP contribution in [0.3, 0.4) is 0 Å². The van der Waals surface area contributed by atoms with Crippen molar-refractivity contribution in [2.24, 2.45) is 0 Å². The number of hydrogen-bond donors (Lipinski definition) is 2. The van der Waals surface area contributed by atoms with E-state index in [9.17, 15) is 13.2 Å². The minimum atomic E-state index is -3.83. The molecule has 0 radical (unpaired) electrons. The highest BCUT2D eigenvalue weighted by Crippen LogP contribution is 2.11. The lowest BCUT2D eigenvalue weighted by Gasteiger charge is -2.19. The molecule has 0 aliphatic carbocycles. The summed E-state index contributed by atoms with van der Waals surface area (Å²) in [6, 6.07) is 25.9. The van der Waals surface area contributed by atoms with Crippen LogP contribution in [-0.4, -0.2) is 33.5 Å². The number of amides is 1. The highest BCUT2D eigenvalue weighted by Gasteiger charge is 2.25. The second-order valence-electron chi connectivity index (χ2n) is 6.98. The summed E-state index contributed by atoms with van der Waals surface area (Å²) in [5.74, 6) is 0.398. The zero-order chi connectivity index (χ0) is 21.9. The van der Waals surface area contributed by atoms with Crippen molar-refractivity contribution in [1.82, 2.24) is 10.0 Å². The number of hydrogen-bond acceptors (Lipinski definition) is 4. The second-order valence-corrected chi connectivity index (χ2v) is 8.70. The Labute approximate surface area is 183 Å². The maximum absolute atomic E-state index is 12.8. The van der Waals surface area contributed by atoms with Gasteiger partial charge in [0.1, 0.15) is 11.8 Å². The molecule has 0 saturated carbocycles. The molecule has 162 valence electrons. The molecule has 3 rings (SSSR count). The average molecular weight is 439 g/mol. The molecule has 0 aromatic heterocycles. The van der Waals surface area contributed by atoms with Crippen LogP contribution in [0.5, 0.6) is 5.75 Å². The smallest absolute Gasteiger partial charge is 0.241 e. The Morgan fingerprint density at radius 3 is 2.06 bits per heavy atom. The van der Waals surface area contributed by atoms with E-state index in [1.54, 1.807) is 18.2 Å². The van der Waals surface area contributed by atoms with Crippen LogP contribution in [0.15, 0.2) is 95.9 Å². The van der Waals surface area contributed by atoms with Gasteiger partial charge in [-0.05, 0) is 42.7 Å². The Hall–Kier alpha value is -3.16. The lowest BCUT2D eigenvalue weighted by Crippen LogP contribution is -2.48. The Morgan fingerprint density at radius 1 is 0.839 bits per heavy atom. The van der Waals surface area contributed by atoms with E-state index < -0.39 is 16.1 Å². The van der Waals surface area contributed by atoms with E-state index in [1.807, 2.05) is 60.7 Å². The quantitative estimate of drug-likeness (QED) is 0.451. The van der Waals surface area contributed by atoms with Gasteiger partial charge in [-0.2, -0.15) is 4.72 Å². The lowest BCUT2D eigenvalue weighted by atomic mass is 10.1. The summed E-state index contributed by atoms with van der Waals surface area (Å²) in [6.45, 7) is 0.827. The molecule has 3 aromatic rings. The van der Waals surface area contributed by atoms with Crippen molar-refractivity contribution in [1.29, 1.82) is 0 Å². The van der Waals surface area contributed by atoms with Gasteiger partial charge < -0.3 is 10.1 Å². The summed E-state index contributed by atoms with van der Waals surface area (Å²) in [5.41, 5.74) is 0.867. The topological polar surface area (TPSA) is 84.5 Å². The molecular weight excluding hydrogens is 412 g/mol. The van der Waals surface area contributed by atoms with E-state index >= 15 is 0 Å². The molecule has 2 N–H and O–H groups in total. The standard InChI is InChI=1S/C24H26N2O4S/c27-24(25-17-10-18-30-21-13-6-2-7-14-21)23(19-20-11-4-1-5-12-20)26-31(28,29)22-15-8-3-9-16-22/h1-9,11-16,23,26H,10,17-19H2,(H,25,27). The van der Waals surface area contributed by atoms with Gasteiger partial charge >= 0.3 is 0 Å². The second kappa shape index (κ2) is 11.3. The van der Waals surface area contributed by atoms with Crippen molar-refractivity contribution in [3.05, 3.63) is 96.6 Å². The van der Waals surface area contributed by atoms with Gasteiger partial charge in [-0.25, -0.2) is 8.42 Å². The average Bonchev–Trinajstić information content (AvgIpc) is 2.80. The normalized spacial score (nSPS) is 12.1. The summed E-state index contributed by atoms with van der Waals surface area (Å²) in [5, 5.41) is 2.82. The van der Waals surface area contributed by atoms with E-state index in [2.05, 4.69) is 10.0 Å². The minimum absolute atomic E-state index is 0.122. The number of benzene rings is 3. The lowest BCUT2D eigenvalue weighted by molar-refractivity contribution is -0.122. The van der Waals surface area contributed by atoms with Crippen molar-refractivity contribution in [2.45, 2.75) is 23.8 Å². The van der Waals surface area contributed by atoms with Gasteiger partial charge in [0, 0.05) is 6.54 Å². The van der Waals surface area contributed by atoms with Gasteiger partial charge in [0.25, 0.3) is 0 Å². The number of rotatable bonds is 11. The molecule has 1 amide bonds. The van der Waals surface area contributed by atoms with E-state index in [1.165, 1.54) is 12.1 Å². The van der Waals surface area contributed by atoms with Crippen LogP contribution in [0.4, 0.5) is 0 Å². The highest BCUT2D eigenvalue weighted by molar-refractivity contribution is 7.89. The molecule has 0 fully saturated rings. The molecule has 0 aliphatic rings. The van der Waals surface area contributed by atoms with Crippen molar-refractivity contribution in [3.8, 4) is 5.75 Å². The van der Waals surface area contributed by atoms with Crippen LogP contribution in [0, 0.1) is 0 Å². The fraction of sp³-hybridized carbons (Fsp3) is 0.208. The summed E-state index contributed by atoms with van der Waals surface area (Å²) in [7, 11) is -3.83. The molecule has 3 aromatic carbocycles. The molecular formula is C24H26N2O4S. The predicted octanol–water partition coefficient (Wildman–Crippen LogP) is 3.16. The first-order valence-electron chi connectivity index (χ1n) is 10.1. The van der Waals surface area contributed by atoms with Crippen molar-refractivity contribution in [2.75, 3.05) is 13.2 Å². The van der Waals surface area contributed by atoms with E-state index in [0.717, 1.165) is 11.3 Å². The molecule has 31 heavy (non-hydrogen) atoms. The molecule has 0 aliphatic heterocycles. The summed E-state index contributed by atoms with van der Waals surface area (Å²) < 4.78 is 33.7. The Kier molecular flexibility index (Phi) is 8.20. The van der Waals surface area contributed by atoms with Gasteiger partial charge in [0.05, 0.1) is 11.5 Å². The molecule has 7 heteroatoms. The van der Waals surface area contributed by atoms with Gasteiger partial charge in [-0.15, -0.1) is 0 Å². The Balaban J connectivity index is 1.59. The fourth-order valence-corrected chi connectivity index (χ4v) is 4.22. The van der Waals surface area contributed by atoms with Gasteiger partial charge in [-0.1, -0.05) is 66.7 Å². The maximum atomic E-state index is 12.8. The Morgan fingerprint density at radius 2 is 1.42 bits per heavy atom. The van der Waals surface area contributed by atoms with E-state index in [0.29, 0.717) is 19.6 Å². The summed E-state index contributed by atoms with van der Waals surface area (Å²) in [4.78, 5) is 12.9. The van der Waals surface area contributed by atoms with E-state index in [-0.39, 0.29) is 17.2 Å². The van der Waals surface area contributed by atoms with Crippen LogP contribution in [0.25, 0.3) is 0 Å². The monoisotopic (exact) mass is 438 g/mol. The van der Waals surface area contributed by atoms with Crippen LogP contribution < -0.4 is 14.8 Å². The van der Waals surface area contributed by atoms with Crippen molar-refractivity contribution in [3.63, 3.8) is 0 Å². The fourth-order valence-electron chi connectivity index (χ4n) is 3.01. The summed E-state index contributed by atoms with van der Waals surface area (Å²) >= 11 is 0. The molecule has 0 saturated heterocycles. The number of carbonyl (C=O) groups is 1. The zero-order valence-electron chi connectivity index (χ0n) is 17.1. The zero-order valence-corrected chi connectivity index (χ0v) is 17.9. The maximum Gasteiger partial charge on any atom is 0.241 e. The SMILES string of the molecule is O=C(NCCCOc1ccccc1)C(Cc1ccccc1)NS(=O)(=O)c1ccccc1. The van der Waals surface area contributed by atoms with Gasteiger partial charge in [-0.3, -0.25) is 4.79 Å². The number of ether oxygens (including phenoxy) is 1. The minimum Gasteiger partial charge on any atom is -0.494 e. The molecule has 0 bridgehead atoms. The van der Waals surface area contributed by atoms with Gasteiger partial charge in [0.15, 0.2) is 0 Å². The number of nitrogens with one attached hydrogen (secondary N) is 2. The van der Waals surface area contributed by atoms with Crippen LogP contribution in [0.2, 0.25) is 0 Å². The van der Waals surface area contributed by atoms with Gasteiger partial charge in [0.2, 0.25) is 15.9 Å². The number of para-hydroxylation sites is 1. The highest BCUT2D eigenvalue weighted by atomic mass is 32.2. The molecule has 1 atom stereocenters. The third-order valence-corrected chi connectivity index (χ3v) is 6.07. The number of sulfonamides is 1. The third kappa shape index (κ3) is 7.24. The molecule has 0 heterocycles. The molecule has 0 spiro atoms. The Bertz CT molecular complexity index is 1040. The van der Waals surface area contributed by atoms with Crippen molar-refractivity contribution >= 4 is 15.9 Å². The molecule has 1 unspecified atom stereocenters. The first-order chi connectivity index (χ1) is 15.0. The summed E-state index contributed by atoms with van der Waals surface area (Å²) in [6.07, 6.45) is 0.851. The van der Waals surface area contributed by atoms with Crippen LogP contribution >= 0.6 is 0 Å². The van der Waals surface area contributed by atoms with Crippen molar-refractivity contribution < 1.29 is 17.9 Å². The third-order valence-electron chi connectivity index (χ3n) is 4.58. The van der Waals surface area contributed by atoms with Crippen LogP contribution in [0.1, 0.15) is 12.0 Å². The predicted molar refractivity (Wildman–Crippen MR) is 120 cm³/mol. The first-order valence-corrected chi connectivity index (χ1v) is 11.6.